The van der Waals surface area contributed by atoms with Crippen LogP contribution in [0.3, 0.4) is 0 Å². The fourth-order valence-corrected chi connectivity index (χ4v) is 6.08. The number of sulfone groups is 1. The first-order valence-electron chi connectivity index (χ1n) is 15.1. The van der Waals surface area contributed by atoms with Crippen molar-refractivity contribution in [2.24, 2.45) is 0 Å². The van der Waals surface area contributed by atoms with Gasteiger partial charge in [-0.3, -0.25) is 0 Å². The number of rotatable bonds is 8. The molecule has 244 valence electrons. The van der Waals surface area contributed by atoms with Gasteiger partial charge in [0.05, 0.1) is 9.79 Å². The van der Waals surface area contributed by atoms with Crippen LogP contribution in [0.5, 0.6) is 23.0 Å². The molecule has 0 amide bonds. The summed E-state index contributed by atoms with van der Waals surface area (Å²) in [7, 11) is -3.48. The lowest BCUT2D eigenvalue weighted by atomic mass is 9.78. The van der Waals surface area contributed by atoms with Crippen LogP contribution in [-0.4, -0.2) is 8.42 Å². The third-order valence-corrected chi connectivity index (χ3v) is 9.55. The van der Waals surface area contributed by atoms with Crippen LogP contribution in [0.1, 0.15) is 25.0 Å². The van der Waals surface area contributed by atoms with E-state index in [1.807, 2.05) is 72.8 Å². The molecule has 0 saturated carbocycles. The van der Waals surface area contributed by atoms with Crippen LogP contribution < -0.4 is 32.4 Å². The Balaban J connectivity index is 0.000000224. The number of ether oxygens (including phenoxy) is 2. The van der Waals surface area contributed by atoms with Gasteiger partial charge in [0.1, 0.15) is 23.0 Å². The first-order valence-corrected chi connectivity index (χ1v) is 16.6. The highest BCUT2D eigenvalue weighted by atomic mass is 32.2. The number of anilines is 4. The van der Waals surface area contributed by atoms with Crippen LogP contribution >= 0.6 is 0 Å². The fraction of sp³-hybridized carbons (Fsp3) is 0.0769. The fourth-order valence-electron chi connectivity index (χ4n) is 4.82. The lowest BCUT2D eigenvalue weighted by molar-refractivity contribution is 0.481. The van der Waals surface area contributed by atoms with Crippen molar-refractivity contribution in [2.75, 3.05) is 22.9 Å². The highest BCUT2D eigenvalue weighted by molar-refractivity contribution is 7.91. The van der Waals surface area contributed by atoms with Gasteiger partial charge in [0.2, 0.25) is 9.84 Å². The molecule has 0 radical (unpaired) electrons. The van der Waals surface area contributed by atoms with Crippen LogP contribution in [-0.2, 0) is 15.3 Å². The summed E-state index contributed by atoms with van der Waals surface area (Å²) in [4.78, 5) is 0.438. The second-order valence-electron chi connectivity index (χ2n) is 11.7. The molecule has 8 nitrogen and oxygen atoms in total. The van der Waals surface area contributed by atoms with E-state index in [4.69, 9.17) is 32.4 Å². The van der Waals surface area contributed by atoms with E-state index >= 15 is 0 Å². The number of nitrogen functional groups attached to an aromatic ring is 4. The van der Waals surface area contributed by atoms with Gasteiger partial charge in [0.25, 0.3) is 0 Å². The van der Waals surface area contributed by atoms with E-state index in [1.54, 1.807) is 24.3 Å². The van der Waals surface area contributed by atoms with Gasteiger partial charge in [0, 0.05) is 28.2 Å². The lowest BCUT2D eigenvalue weighted by Crippen LogP contribution is -2.18. The van der Waals surface area contributed by atoms with Crippen molar-refractivity contribution in [3.05, 3.63) is 157 Å². The molecule has 0 fully saturated rings. The number of benzene rings is 6. The van der Waals surface area contributed by atoms with Gasteiger partial charge in [0.15, 0.2) is 0 Å². The molecule has 0 aromatic heterocycles. The molecular weight excluding hydrogens is 621 g/mol. The van der Waals surface area contributed by atoms with E-state index in [2.05, 4.69) is 38.1 Å². The highest BCUT2D eigenvalue weighted by Gasteiger charge is 2.23. The first-order chi connectivity index (χ1) is 22.9. The zero-order chi connectivity index (χ0) is 34.3. The smallest absolute Gasteiger partial charge is 0.206 e. The minimum Gasteiger partial charge on any atom is -0.457 e. The second-order valence-corrected chi connectivity index (χ2v) is 13.6. The van der Waals surface area contributed by atoms with E-state index in [0.717, 1.165) is 23.0 Å². The van der Waals surface area contributed by atoms with E-state index in [9.17, 15) is 8.42 Å². The zero-order valence-corrected chi connectivity index (χ0v) is 27.5. The zero-order valence-electron chi connectivity index (χ0n) is 26.7. The van der Waals surface area contributed by atoms with Crippen LogP contribution in [0.25, 0.3) is 0 Å². The third-order valence-electron chi connectivity index (χ3n) is 7.76. The van der Waals surface area contributed by atoms with Gasteiger partial charge in [-0.2, -0.15) is 0 Å². The monoisotopic (exact) mass is 658 g/mol. The maximum atomic E-state index is 12.2. The SMILES string of the molecule is CC(C)(c1ccc(Oc2ccc(N)cc2)cc1)c1ccc(Oc2ccc(N)cc2)cc1.Nc1ccc(S(=O)(=O)c2ccc(N)cc2)cc1. The molecule has 0 atom stereocenters. The van der Waals surface area contributed by atoms with Gasteiger partial charge in [-0.1, -0.05) is 38.1 Å². The molecule has 8 N–H and O–H groups in total. The molecule has 0 saturated heterocycles. The second kappa shape index (κ2) is 14.2. The summed E-state index contributed by atoms with van der Waals surface area (Å²) in [6, 6.07) is 43.3. The van der Waals surface area contributed by atoms with E-state index in [1.165, 1.54) is 35.4 Å². The van der Waals surface area contributed by atoms with E-state index in [0.29, 0.717) is 22.7 Å². The standard InChI is InChI=1S/C27H26N2O2.C12H12N2O2S/c1-27(2,19-3-11-23(12-4-19)30-25-15-7-21(28)8-16-25)20-5-13-24(14-6-20)31-26-17-9-22(29)10-18-26;13-9-1-5-11(6-2-9)17(15,16)12-7-3-10(14)4-8-12/h3-18H,28-29H2,1-2H3;1-8H,13-14H2. The number of hydrogen-bond donors (Lipinski definition) is 4. The van der Waals surface area contributed by atoms with E-state index < -0.39 is 9.84 Å². The summed E-state index contributed by atoms with van der Waals surface area (Å²) in [6.07, 6.45) is 0. The molecule has 6 aromatic rings. The summed E-state index contributed by atoms with van der Waals surface area (Å²) in [5.74, 6) is 3.10. The first kappa shape index (κ1) is 33.4. The molecule has 0 spiro atoms. The Kier molecular flexibility index (Phi) is 9.91. The summed E-state index contributed by atoms with van der Waals surface area (Å²) in [5.41, 5.74) is 27.2. The average molecular weight is 659 g/mol. The predicted octanol–water partition coefficient (Wildman–Crippen LogP) is 8.45. The van der Waals surface area contributed by atoms with Crippen LogP contribution in [0.2, 0.25) is 0 Å². The molecule has 0 bridgehead atoms. The van der Waals surface area contributed by atoms with Gasteiger partial charge in [-0.15, -0.1) is 0 Å². The van der Waals surface area contributed by atoms with Gasteiger partial charge in [-0.05, 0) is 132 Å². The minimum atomic E-state index is -3.48. The van der Waals surface area contributed by atoms with Crippen molar-refractivity contribution in [2.45, 2.75) is 29.1 Å². The Hall–Kier alpha value is -5.93. The van der Waals surface area contributed by atoms with Gasteiger partial charge >= 0.3 is 0 Å². The highest BCUT2D eigenvalue weighted by Crippen LogP contribution is 2.35. The number of nitrogens with two attached hydrogens (primary N) is 4. The third kappa shape index (κ3) is 8.26. The quantitative estimate of drug-likeness (QED) is 0.119. The van der Waals surface area contributed by atoms with Crippen molar-refractivity contribution in [3.8, 4) is 23.0 Å². The summed E-state index contributed by atoms with van der Waals surface area (Å²) in [5, 5.41) is 0. The summed E-state index contributed by atoms with van der Waals surface area (Å²) in [6.45, 7) is 4.41. The molecule has 6 aromatic carbocycles. The molecule has 6 rings (SSSR count). The van der Waals surface area contributed by atoms with Crippen molar-refractivity contribution < 1.29 is 17.9 Å². The maximum Gasteiger partial charge on any atom is 0.206 e. The minimum absolute atomic E-state index is 0.167. The van der Waals surface area contributed by atoms with Gasteiger partial charge < -0.3 is 32.4 Å². The summed E-state index contributed by atoms with van der Waals surface area (Å²) >= 11 is 0. The van der Waals surface area contributed by atoms with Crippen molar-refractivity contribution in [3.63, 3.8) is 0 Å². The molecule has 0 aliphatic carbocycles. The van der Waals surface area contributed by atoms with Crippen molar-refractivity contribution >= 4 is 32.6 Å². The molecule has 0 aliphatic rings. The summed E-state index contributed by atoms with van der Waals surface area (Å²) < 4.78 is 36.2. The molecular formula is C39H38N4O4S. The Morgan fingerprint density at radius 1 is 0.396 bits per heavy atom. The Morgan fingerprint density at radius 2 is 0.625 bits per heavy atom. The van der Waals surface area contributed by atoms with Gasteiger partial charge in [-0.25, -0.2) is 8.42 Å². The predicted molar refractivity (Wildman–Crippen MR) is 194 cm³/mol. The normalized spacial score (nSPS) is 11.2. The largest absolute Gasteiger partial charge is 0.457 e. The Bertz CT molecular complexity index is 1900. The van der Waals surface area contributed by atoms with Crippen LogP contribution in [0.4, 0.5) is 22.7 Å². The maximum absolute atomic E-state index is 12.2. The van der Waals surface area contributed by atoms with Crippen molar-refractivity contribution in [1.82, 2.24) is 0 Å². The lowest BCUT2D eigenvalue weighted by Gasteiger charge is -2.26. The van der Waals surface area contributed by atoms with Crippen LogP contribution in [0.15, 0.2) is 155 Å². The molecule has 0 unspecified atom stereocenters. The van der Waals surface area contributed by atoms with Crippen molar-refractivity contribution in [1.29, 1.82) is 0 Å². The number of hydrogen-bond acceptors (Lipinski definition) is 8. The topological polar surface area (TPSA) is 157 Å². The molecule has 48 heavy (non-hydrogen) atoms. The molecule has 9 heteroatoms. The Labute approximate surface area is 281 Å². The van der Waals surface area contributed by atoms with Crippen LogP contribution in [0, 0.1) is 0 Å². The molecule has 0 heterocycles. The Morgan fingerprint density at radius 3 is 0.896 bits per heavy atom. The van der Waals surface area contributed by atoms with E-state index in [-0.39, 0.29) is 15.2 Å². The molecule has 0 aliphatic heterocycles. The average Bonchev–Trinajstić information content (AvgIpc) is 3.08.